The van der Waals surface area contributed by atoms with Crippen molar-refractivity contribution < 1.29 is 4.39 Å². The normalized spacial score (nSPS) is 10.2. The number of hydrogen-bond acceptors (Lipinski definition) is 2. The molecule has 0 spiro atoms. The van der Waals surface area contributed by atoms with Gasteiger partial charge in [-0.15, -0.1) is 0 Å². The molecule has 2 rings (SSSR count). The van der Waals surface area contributed by atoms with E-state index in [9.17, 15) is 4.39 Å². The summed E-state index contributed by atoms with van der Waals surface area (Å²) in [7, 11) is 0. The number of nitriles is 1. The van der Waals surface area contributed by atoms with Crippen LogP contribution < -0.4 is 5.32 Å². The molecule has 19 heavy (non-hydrogen) atoms. The Bertz CT molecular complexity index is 596. The second kappa shape index (κ2) is 6.05. The molecule has 2 aromatic rings. The van der Waals surface area contributed by atoms with Crippen LogP contribution in [0.5, 0.6) is 0 Å². The summed E-state index contributed by atoms with van der Waals surface area (Å²) in [5, 5.41) is 11.7. The standard InChI is InChI=1S/C15H16FN3/c1-2-7-19-8-3-4-13(19)11-18-15-6-5-12(10-17)9-14(15)16/h3-6,8-9,18H,2,7,11H2,1H3. The lowest BCUT2D eigenvalue weighted by molar-refractivity contribution is 0.626. The van der Waals surface area contributed by atoms with Gasteiger partial charge in [-0.3, -0.25) is 0 Å². The molecule has 1 aromatic heterocycles. The van der Waals surface area contributed by atoms with E-state index >= 15 is 0 Å². The van der Waals surface area contributed by atoms with E-state index in [0.29, 0.717) is 17.8 Å². The minimum Gasteiger partial charge on any atom is -0.377 e. The Morgan fingerprint density at radius 1 is 1.37 bits per heavy atom. The number of nitrogens with one attached hydrogen (secondary N) is 1. The quantitative estimate of drug-likeness (QED) is 0.890. The molecule has 98 valence electrons. The average Bonchev–Trinajstić information content (AvgIpc) is 2.85. The number of aromatic nitrogens is 1. The molecule has 0 bridgehead atoms. The van der Waals surface area contributed by atoms with Gasteiger partial charge in [-0.1, -0.05) is 6.92 Å². The molecular formula is C15H16FN3. The molecule has 0 unspecified atom stereocenters. The van der Waals surface area contributed by atoms with E-state index in [0.717, 1.165) is 18.7 Å². The molecule has 1 heterocycles. The zero-order valence-corrected chi connectivity index (χ0v) is 10.9. The highest BCUT2D eigenvalue weighted by molar-refractivity contribution is 5.48. The molecule has 3 nitrogen and oxygen atoms in total. The molecule has 0 saturated heterocycles. The largest absolute Gasteiger partial charge is 0.377 e. The number of benzene rings is 1. The van der Waals surface area contributed by atoms with E-state index in [-0.39, 0.29) is 0 Å². The zero-order valence-electron chi connectivity index (χ0n) is 10.9. The molecule has 0 fully saturated rings. The second-order valence-corrected chi connectivity index (χ2v) is 4.35. The summed E-state index contributed by atoms with van der Waals surface area (Å²) < 4.78 is 15.8. The first-order valence-electron chi connectivity index (χ1n) is 6.32. The highest BCUT2D eigenvalue weighted by atomic mass is 19.1. The lowest BCUT2D eigenvalue weighted by Gasteiger charge is -2.11. The van der Waals surface area contributed by atoms with Crippen molar-refractivity contribution in [1.82, 2.24) is 4.57 Å². The van der Waals surface area contributed by atoms with Crippen LogP contribution in [-0.2, 0) is 13.1 Å². The Kier molecular flexibility index (Phi) is 4.19. The van der Waals surface area contributed by atoms with Crippen molar-refractivity contribution in [3.8, 4) is 6.07 Å². The molecular weight excluding hydrogens is 241 g/mol. The summed E-state index contributed by atoms with van der Waals surface area (Å²) in [6.07, 6.45) is 3.09. The van der Waals surface area contributed by atoms with Gasteiger partial charge in [0.1, 0.15) is 5.82 Å². The summed E-state index contributed by atoms with van der Waals surface area (Å²) in [5.74, 6) is -0.396. The Morgan fingerprint density at radius 2 is 2.21 bits per heavy atom. The fourth-order valence-electron chi connectivity index (χ4n) is 1.98. The lowest BCUT2D eigenvalue weighted by Crippen LogP contribution is -2.07. The fourth-order valence-corrected chi connectivity index (χ4v) is 1.98. The molecule has 0 aliphatic rings. The summed E-state index contributed by atoms with van der Waals surface area (Å²) in [6, 6.07) is 10.4. The van der Waals surface area contributed by atoms with Crippen LogP contribution in [-0.4, -0.2) is 4.57 Å². The van der Waals surface area contributed by atoms with Gasteiger partial charge in [-0.2, -0.15) is 5.26 Å². The molecule has 4 heteroatoms. The van der Waals surface area contributed by atoms with Gasteiger partial charge in [-0.25, -0.2) is 4.39 Å². The van der Waals surface area contributed by atoms with Crippen molar-refractivity contribution in [3.63, 3.8) is 0 Å². The maximum atomic E-state index is 13.7. The molecule has 0 saturated carbocycles. The number of rotatable bonds is 5. The lowest BCUT2D eigenvalue weighted by atomic mass is 10.2. The highest BCUT2D eigenvalue weighted by Crippen LogP contribution is 2.16. The third kappa shape index (κ3) is 3.14. The van der Waals surface area contributed by atoms with Gasteiger partial charge in [0.25, 0.3) is 0 Å². The summed E-state index contributed by atoms with van der Waals surface area (Å²) >= 11 is 0. The monoisotopic (exact) mass is 257 g/mol. The van der Waals surface area contributed by atoms with E-state index in [1.807, 2.05) is 24.4 Å². The minimum absolute atomic E-state index is 0.331. The van der Waals surface area contributed by atoms with Crippen LogP contribution in [0.3, 0.4) is 0 Å². The maximum absolute atomic E-state index is 13.7. The third-order valence-electron chi connectivity index (χ3n) is 2.95. The van der Waals surface area contributed by atoms with Crippen LogP contribution >= 0.6 is 0 Å². The molecule has 0 atom stereocenters. The van der Waals surface area contributed by atoms with Crippen molar-refractivity contribution in [2.24, 2.45) is 0 Å². The molecule has 0 aliphatic heterocycles. The predicted octanol–water partition coefficient (Wildman–Crippen LogP) is 3.52. The van der Waals surface area contributed by atoms with Crippen LogP contribution in [0.25, 0.3) is 0 Å². The van der Waals surface area contributed by atoms with Crippen LogP contribution in [0.1, 0.15) is 24.6 Å². The van der Waals surface area contributed by atoms with Gasteiger partial charge in [0.2, 0.25) is 0 Å². The van der Waals surface area contributed by atoms with E-state index < -0.39 is 5.82 Å². The Morgan fingerprint density at radius 3 is 2.89 bits per heavy atom. The smallest absolute Gasteiger partial charge is 0.147 e. The van der Waals surface area contributed by atoms with E-state index in [4.69, 9.17) is 5.26 Å². The Labute approximate surface area is 112 Å². The maximum Gasteiger partial charge on any atom is 0.147 e. The average molecular weight is 257 g/mol. The van der Waals surface area contributed by atoms with Gasteiger partial charge in [0.05, 0.1) is 23.9 Å². The predicted molar refractivity (Wildman–Crippen MR) is 73.2 cm³/mol. The zero-order chi connectivity index (χ0) is 13.7. The first-order chi connectivity index (χ1) is 9.24. The number of aryl methyl sites for hydroxylation is 1. The molecule has 0 radical (unpaired) electrons. The number of halogens is 1. The molecule has 0 aliphatic carbocycles. The van der Waals surface area contributed by atoms with Crippen molar-refractivity contribution in [3.05, 3.63) is 53.6 Å². The van der Waals surface area contributed by atoms with Crippen LogP contribution in [0, 0.1) is 17.1 Å². The molecule has 0 amide bonds. The van der Waals surface area contributed by atoms with Crippen molar-refractivity contribution in [2.75, 3.05) is 5.32 Å². The Hall–Kier alpha value is -2.28. The Balaban J connectivity index is 2.06. The van der Waals surface area contributed by atoms with Crippen molar-refractivity contribution in [1.29, 1.82) is 5.26 Å². The number of nitrogens with zero attached hydrogens (tertiary/aromatic N) is 2. The third-order valence-corrected chi connectivity index (χ3v) is 2.95. The first kappa shape index (κ1) is 13.2. The van der Waals surface area contributed by atoms with E-state index in [1.54, 1.807) is 12.1 Å². The van der Waals surface area contributed by atoms with E-state index in [1.165, 1.54) is 6.07 Å². The van der Waals surface area contributed by atoms with E-state index in [2.05, 4.69) is 16.8 Å². The van der Waals surface area contributed by atoms with Gasteiger partial charge in [-0.05, 0) is 36.8 Å². The topological polar surface area (TPSA) is 40.8 Å². The van der Waals surface area contributed by atoms with Gasteiger partial charge < -0.3 is 9.88 Å². The highest BCUT2D eigenvalue weighted by Gasteiger charge is 2.05. The van der Waals surface area contributed by atoms with Crippen molar-refractivity contribution in [2.45, 2.75) is 26.4 Å². The number of anilines is 1. The summed E-state index contributed by atoms with van der Waals surface area (Å²) in [5.41, 5.74) is 1.87. The summed E-state index contributed by atoms with van der Waals surface area (Å²) in [4.78, 5) is 0. The van der Waals surface area contributed by atoms with Crippen LogP contribution in [0.15, 0.2) is 36.5 Å². The fraction of sp³-hybridized carbons (Fsp3) is 0.267. The van der Waals surface area contributed by atoms with Crippen LogP contribution in [0.2, 0.25) is 0 Å². The SMILES string of the molecule is CCCn1cccc1CNc1ccc(C#N)cc1F. The van der Waals surface area contributed by atoms with Gasteiger partial charge in [0.15, 0.2) is 0 Å². The minimum atomic E-state index is -0.396. The van der Waals surface area contributed by atoms with Gasteiger partial charge >= 0.3 is 0 Å². The van der Waals surface area contributed by atoms with Crippen molar-refractivity contribution >= 4 is 5.69 Å². The molecule has 1 N–H and O–H groups in total. The second-order valence-electron chi connectivity index (χ2n) is 4.35. The van der Waals surface area contributed by atoms with Gasteiger partial charge in [0, 0.05) is 18.4 Å². The van der Waals surface area contributed by atoms with Crippen LogP contribution in [0.4, 0.5) is 10.1 Å². The summed E-state index contributed by atoms with van der Waals surface area (Å²) in [6.45, 7) is 3.65. The number of hydrogen-bond donors (Lipinski definition) is 1. The first-order valence-corrected chi connectivity index (χ1v) is 6.32. The molecule has 1 aromatic carbocycles.